The second-order valence-corrected chi connectivity index (χ2v) is 5.49. The van der Waals surface area contributed by atoms with Crippen molar-refractivity contribution >= 4 is 27.5 Å². The molecule has 0 amide bonds. The molecular formula is C14H12BrClO2. The summed E-state index contributed by atoms with van der Waals surface area (Å²) in [4.78, 5) is 0. The molecule has 0 fully saturated rings. The Morgan fingerprint density at radius 3 is 2.28 bits per heavy atom. The fraction of sp³-hybridized carbons (Fsp3) is 0.143. The van der Waals surface area contributed by atoms with Crippen molar-refractivity contribution in [1.82, 2.24) is 0 Å². The van der Waals surface area contributed by atoms with Gasteiger partial charge in [-0.3, -0.25) is 0 Å². The second-order valence-electron chi connectivity index (χ2n) is 4.16. The third kappa shape index (κ3) is 2.59. The van der Waals surface area contributed by atoms with Crippen molar-refractivity contribution in [3.05, 3.63) is 68.7 Å². The fourth-order valence-corrected chi connectivity index (χ4v) is 2.32. The van der Waals surface area contributed by atoms with E-state index in [1.54, 1.807) is 30.3 Å². The molecule has 2 aromatic carbocycles. The van der Waals surface area contributed by atoms with Crippen molar-refractivity contribution in [3.8, 4) is 0 Å². The van der Waals surface area contributed by atoms with Crippen LogP contribution in [0, 0.1) is 6.92 Å². The average Bonchev–Trinajstić information content (AvgIpc) is 2.32. The SMILES string of the molecule is Cc1ccc(C(O)(O)c2cc(Br)ccc2Cl)cc1. The lowest BCUT2D eigenvalue weighted by Crippen LogP contribution is -2.27. The Kier molecular flexibility index (Phi) is 3.78. The lowest BCUT2D eigenvalue weighted by molar-refractivity contribution is -0.132. The molecule has 0 aliphatic rings. The highest BCUT2D eigenvalue weighted by molar-refractivity contribution is 9.10. The van der Waals surface area contributed by atoms with Crippen LogP contribution in [0.3, 0.4) is 0 Å². The summed E-state index contributed by atoms with van der Waals surface area (Å²) in [5.41, 5.74) is 1.69. The van der Waals surface area contributed by atoms with E-state index < -0.39 is 5.79 Å². The lowest BCUT2D eigenvalue weighted by atomic mass is 9.97. The first-order valence-electron chi connectivity index (χ1n) is 5.38. The maximum absolute atomic E-state index is 10.3. The van der Waals surface area contributed by atoms with Gasteiger partial charge in [-0.05, 0) is 25.1 Å². The summed E-state index contributed by atoms with van der Waals surface area (Å²) in [6.45, 7) is 1.94. The summed E-state index contributed by atoms with van der Waals surface area (Å²) >= 11 is 9.31. The van der Waals surface area contributed by atoms with E-state index in [1.807, 2.05) is 19.1 Å². The normalized spacial score (nSPS) is 11.6. The molecule has 0 aliphatic carbocycles. The van der Waals surface area contributed by atoms with Crippen LogP contribution in [-0.4, -0.2) is 10.2 Å². The van der Waals surface area contributed by atoms with Crippen molar-refractivity contribution in [1.29, 1.82) is 0 Å². The molecular weight excluding hydrogens is 316 g/mol. The molecule has 18 heavy (non-hydrogen) atoms. The molecule has 0 spiro atoms. The highest BCUT2D eigenvalue weighted by Crippen LogP contribution is 2.33. The van der Waals surface area contributed by atoms with Crippen LogP contribution in [-0.2, 0) is 5.79 Å². The minimum Gasteiger partial charge on any atom is -0.358 e. The summed E-state index contributed by atoms with van der Waals surface area (Å²) in [6, 6.07) is 12.0. The van der Waals surface area contributed by atoms with Crippen LogP contribution in [0.2, 0.25) is 5.02 Å². The van der Waals surface area contributed by atoms with Gasteiger partial charge in [0.15, 0.2) is 0 Å². The van der Waals surface area contributed by atoms with Gasteiger partial charge in [-0.1, -0.05) is 57.4 Å². The maximum atomic E-state index is 10.3. The van der Waals surface area contributed by atoms with Crippen molar-refractivity contribution < 1.29 is 10.2 Å². The molecule has 0 atom stereocenters. The van der Waals surface area contributed by atoms with Crippen molar-refractivity contribution in [3.63, 3.8) is 0 Å². The molecule has 94 valence electrons. The molecule has 2 N–H and O–H groups in total. The van der Waals surface area contributed by atoms with E-state index >= 15 is 0 Å². The Bertz CT molecular complexity index is 565. The Balaban J connectivity index is 2.53. The Hall–Kier alpha value is -0.870. The predicted molar refractivity (Wildman–Crippen MR) is 75.5 cm³/mol. The zero-order chi connectivity index (χ0) is 13.3. The van der Waals surface area contributed by atoms with E-state index in [0.29, 0.717) is 10.6 Å². The van der Waals surface area contributed by atoms with Gasteiger partial charge in [-0.25, -0.2) is 0 Å². The summed E-state index contributed by atoms with van der Waals surface area (Å²) in [6.07, 6.45) is 0. The largest absolute Gasteiger partial charge is 0.358 e. The number of benzene rings is 2. The highest BCUT2D eigenvalue weighted by Gasteiger charge is 2.30. The highest BCUT2D eigenvalue weighted by atomic mass is 79.9. The van der Waals surface area contributed by atoms with Crippen molar-refractivity contribution in [2.75, 3.05) is 0 Å². The van der Waals surface area contributed by atoms with Crippen molar-refractivity contribution in [2.24, 2.45) is 0 Å². The van der Waals surface area contributed by atoms with Crippen LogP contribution in [0.5, 0.6) is 0 Å². The molecule has 0 saturated carbocycles. The number of hydrogen-bond acceptors (Lipinski definition) is 2. The molecule has 0 aliphatic heterocycles. The molecule has 2 aromatic rings. The lowest BCUT2D eigenvalue weighted by Gasteiger charge is -2.24. The molecule has 4 heteroatoms. The van der Waals surface area contributed by atoms with E-state index in [4.69, 9.17) is 11.6 Å². The minimum absolute atomic E-state index is 0.252. The van der Waals surface area contributed by atoms with Crippen LogP contribution < -0.4 is 0 Å². The number of aryl methyl sites for hydroxylation is 1. The minimum atomic E-state index is -2.10. The van der Waals surface area contributed by atoms with E-state index in [-0.39, 0.29) is 5.56 Å². The predicted octanol–water partition coefficient (Wildman–Crippen LogP) is 3.60. The molecule has 2 rings (SSSR count). The standard InChI is InChI=1S/C14H12BrClO2/c1-9-2-4-10(5-3-9)14(17,18)12-8-11(15)6-7-13(12)16/h2-8,17-18H,1H3. The monoisotopic (exact) mass is 326 g/mol. The van der Waals surface area contributed by atoms with E-state index in [2.05, 4.69) is 15.9 Å². The van der Waals surface area contributed by atoms with Gasteiger partial charge in [0, 0.05) is 20.6 Å². The van der Waals surface area contributed by atoms with Gasteiger partial charge >= 0.3 is 0 Å². The van der Waals surface area contributed by atoms with Gasteiger partial charge in [0.25, 0.3) is 0 Å². The van der Waals surface area contributed by atoms with Crippen LogP contribution in [0.15, 0.2) is 46.9 Å². The molecule has 0 bridgehead atoms. The summed E-state index contributed by atoms with van der Waals surface area (Å²) in [5.74, 6) is -2.10. The topological polar surface area (TPSA) is 40.5 Å². The number of halogens is 2. The van der Waals surface area contributed by atoms with Crippen molar-refractivity contribution in [2.45, 2.75) is 12.7 Å². The first kappa shape index (κ1) is 13.6. The Morgan fingerprint density at radius 2 is 1.67 bits per heavy atom. The summed E-state index contributed by atoms with van der Waals surface area (Å²) in [5, 5.41) is 20.9. The van der Waals surface area contributed by atoms with Crippen LogP contribution in [0.25, 0.3) is 0 Å². The van der Waals surface area contributed by atoms with E-state index in [0.717, 1.165) is 10.0 Å². The average molecular weight is 328 g/mol. The molecule has 2 nitrogen and oxygen atoms in total. The third-order valence-electron chi connectivity index (χ3n) is 2.76. The zero-order valence-corrected chi connectivity index (χ0v) is 12.0. The van der Waals surface area contributed by atoms with E-state index in [9.17, 15) is 10.2 Å². The van der Waals surface area contributed by atoms with Gasteiger partial charge in [0.1, 0.15) is 0 Å². The molecule has 0 radical (unpaired) electrons. The molecule has 0 heterocycles. The number of rotatable bonds is 2. The number of hydrogen-bond donors (Lipinski definition) is 2. The number of aliphatic hydroxyl groups is 2. The van der Waals surface area contributed by atoms with Gasteiger partial charge in [0.2, 0.25) is 5.79 Å². The van der Waals surface area contributed by atoms with Gasteiger partial charge in [-0.2, -0.15) is 0 Å². The quantitative estimate of drug-likeness (QED) is 0.828. The zero-order valence-electron chi connectivity index (χ0n) is 9.69. The van der Waals surface area contributed by atoms with Gasteiger partial charge in [0.05, 0.1) is 0 Å². The fourth-order valence-electron chi connectivity index (χ4n) is 1.71. The first-order chi connectivity index (χ1) is 8.41. The second kappa shape index (κ2) is 5.02. The smallest absolute Gasteiger partial charge is 0.218 e. The summed E-state index contributed by atoms with van der Waals surface area (Å²) in [7, 11) is 0. The Morgan fingerprint density at radius 1 is 1.06 bits per heavy atom. The molecule has 0 saturated heterocycles. The maximum Gasteiger partial charge on any atom is 0.218 e. The van der Waals surface area contributed by atoms with Gasteiger partial charge < -0.3 is 10.2 Å². The van der Waals surface area contributed by atoms with Crippen LogP contribution >= 0.6 is 27.5 Å². The third-order valence-corrected chi connectivity index (χ3v) is 3.58. The van der Waals surface area contributed by atoms with Crippen LogP contribution in [0.1, 0.15) is 16.7 Å². The van der Waals surface area contributed by atoms with E-state index in [1.165, 1.54) is 0 Å². The van der Waals surface area contributed by atoms with Gasteiger partial charge in [-0.15, -0.1) is 0 Å². The Labute approximate surface area is 119 Å². The van der Waals surface area contributed by atoms with Crippen LogP contribution in [0.4, 0.5) is 0 Å². The first-order valence-corrected chi connectivity index (χ1v) is 6.56. The molecule has 0 unspecified atom stereocenters. The molecule has 0 aromatic heterocycles. The summed E-state index contributed by atoms with van der Waals surface area (Å²) < 4.78 is 0.737.